The maximum absolute atomic E-state index is 6.25. The van der Waals surface area contributed by atoms with Crippen molar-refractivity contribution in [2.45, 2.75) is 6.54 Å². The van der Waals surface area contributed by atoms with Gasteiger partial charge in [-0.2, -0.15) is 5.10 Å². The summed E-state index contributed by atoms with van der Waals surface area (Å²) in [5.41, 5.74) is 1.99. The van der Waals surface area contributed by atoms with Crippen LogP contribution in [0.1, 0.15) is 5.56 Å². The highest BCUT2D eigenvalue weighted by atomic mass is 35.5. The smallest absolute Gasteiger partial charge is 0.176 e. The molecule has 0 spiro atoms. The normalized spacial score (nSPS) is 10.3. The molecule has 0 radical (unpaired) electrons. The van der Waals surface area contributed by atoms with Crippen molar-refractivity contribution in [2.75, 3.05) is 17.7 Å². The SMILES string of the molecule is COc1ccc(NC(=S)Nc2nn(Cc3ccccc3)cc2Cl)cc1. The van der Waals surface area contributed by atoms with Crippen LogP contribution in [0.25, 0.3) is 0 Å². The number of aromatic nitrogens is 2. The molecule has 0 aliphatic carbocycles. The highest BCUT2D eigenvalue weighted by Crippen LogP contribution is 2.21. The monoisotopic (exact) mass is 372 g/mol. The molecule has 0 saturated carbocycles. The Morgan fingerprint density at radius 3 is 2.52 bits per heavy atom. The number of ether oxygens (including phenoxy) is 1. The van der Waals surface area contributed by atoms with Crippen LogP contribution in [0, 0.1) is 0 Å². The molecule has 2 aromatic carbocycles. The number of nitrogens with one attached hydrogen (secondary N) is 2. The molecule has 0 aliphatic rings. The fourth-order valence-electron chi connectivity index (χ4n) is 2.28. The van der Waals surface area contributed by atoms with Gasteiger partial charge < -0.3 is 15.4 Å². The summed E-state index contributed by atoms with van der Waals surface area (Å²) in [6.45, 7) is 0.640. The third kappa shape index (κ3) is 4.71. The molecule has 0 unspecified atom stereocenters. The van der Waals surface area contributed by atoms with Crippen molar-refractivity contribution in [1.29, 1.82) is 0 Å². The Balaban J connectivity index is 1.62. The predicted octanol–water partition coefficient (Wildman–Crippen LogP) is 4.40. The van der Waals surface area contributed by atoms with Crippen LogP contribution in [-0.4, -0.2) is 22.0 Å². The van der Waals surface area contributed by atoms with Crippen molar-refractivity contribution in [1.82, 2.24) is 9.78 Å². The van der Waals surface area contributed by atoms with Gasteiger partial charge in [0.15, 0.2) is 10.9 Å². The van der Waals surface area contributed by atoms with Gasteiger partial charge in [0, 0.05) is 11.9 Å². The van der Waals surface area contributed by atoms with Crippen LogP contribution in [0.15, 0.2) is 60.8 Å². The van der Waals surface area contributed by atoms with Crippen LogP contribution in [0.5, 0.6) is 5.75 Å². The Morgan fingerprint density at radius 1 is 1.12 bits per heavy atom. The minimum absolute atomic E-state index is 0.414. The van der Waals surface area contributed by atoms with Crippen molar-refractivity contribution in [3.63, 3.8) is 0 Å². The van der Waals surface area contributed by atoms with E-state index >= 15 is 0 Å². The summed E-state index contributed by atoms with van der Waals surface area (Å²) in [6, 6.07) is 17.5. The van der Waals surface area contributed by atoms with Crippen molar-refractivity contribution < 1.29 is 4.74 Å². The largest absolute Gasteiger partial charge is 0.497 e. The number of halogens is 1. The van der Waals surface area contributed by atoms with E-state index < -0.39 is 0 Å². The first-order valence-electron chi connectivity index (χ1n) is 7.63. The number of rotatable bonds is 5. The third-order valence-corrected chi connectivity index (χ3v) is 3.96. The highest BCUT2D eigenvalue weighted by Gasteiger charge is 2.09. The van der Waals surface area contributed by atoms with Crippen molar-refractivity contribution in [2.24, 2.45) is 0 Å². The molecule has 2 N–H and O–H groups in total. The predicted molar refractivity (Wildman–Crippen MR) is 106 cm³/mol. The maximum Gasteiger partial charge on any atom is 0.176 e. The second-order valence-corrected chi connectivity index (χ2v) is 6.13. The van der Waals surface area contributed by atoms with Crippen LogP contribution < -0.4 is 15.4 Å². The Morgan fingerprint density at radius 2 is 1.84 bits per heavy atom. The van der Waals surface area contributed by atoms with Gasteiger partial charge in [-0.3, -0.25) is 4.68 Å². The lowest BCUT2D eigenvalue weighted by molar-refractivity contribution is 0.415. The second kappa shape index (κ2) is 8.00. The molecular formula is C18H17ClN4OS. The molecule has 3 aromatic rings. The van der Waals surface area contributed by atoms with E-state index in [1.807, 2.05) is 54.6 Å². The first-order valence-corrected chi connectivity index (χ1v) is 8.41. The van der Waals surface area contributed by atoms with Gasteiger partial charge in [-0.15, -0.1) is 0 Å². The molecule has 25 heavy (non-hydrogen) atoms. The second-order valence-electron chi connectivity index (χ2n) is 5.32. The number of anilines is 2. The quantitative estimate of drug-likeness (QED) is 0.650. The summed E-state index contributed by atoms with van der Waals surface area (Å²) in [4.78, 5) is 0. The molecule has 0 fully saturated rings. The van der Waals surface area contributed by atoms with E-state index in [-0.39, 0.29) is 0 Å². The number of benzene rings is 2. The molecule has 1 aromatic heterocycles. The van der Waals surface area contributed by atoms with Crippen molar-refractivity contribution in [3.8, 4) is 5.75 Å². The Hall–Kier alpha value is -2.57. The van der Waals surface area contributed by atoms with E-state index in [4.69, 9.17) is 28.6 Å². The van der Waals surface area contributed by atoms with Crippen LogP contribution >= 0.6 is 23.8 Å². The Labute approximate surface area is 156 Å². The van der Waals surface area contributed by atoms with E-state index in [1.165, 1.54) is 0 Å². The van der Waals surface area contributed by atoms with Crippen LogP contribution in [0.2, 0.25) is 5.02 Å². The van der Waals surface area contributed by atoms with Crippen molar-refractivity contribution >= 4 is 40.4 Å². The fraction of sp³-hybridized carbons (Fsp3) is 0.111. The molecule has 0 atom stereocenters. The molecular weight excluding hydrogens is 356 g/mol. The van der Waals surface area contributed by atoms with E-state index in [1.54, 1.807) is 18.0 Å². The number of hydrogen-bond donors (Lipinski definition) is 2. The average Bonchev–Trinajstić information content (AvgIpc) is 2.95. The zero-order valence-corrected chi connectivity index (χ0v) is 15.1. The molecule has 0 bridgehead atoms. The summed E-state index contributed by atoms with van der Waals surface area (Å²) in [5.74, 6) is 1.30. The maximum atomic E-state index is 6.25. The first-order chi connectivity index (χ1) is 12.1. The summed E-state index contributed by atoms with van der Waals surface area (Å²) >= 11 is 11.6. The Kier molecular flexibility index (Phi) is 5.53. The molecule has 3 rings (SSSR count). The van der Waals surface area contributed by atoms with Crippen molar-refractivity contribution in [3.05, 3.63) is 71.4 Å². The molecule has 128 valence electrons. The van der Waals surface area contributed by atoms with Crippen LogP contribution in [0.3, 0.4) is 0 Å². The molecule has 1 heterocycles. The van der Waals surface area contributed by atoms with E-state index in [9.17, 15) is 0 Å². The number of methoxy groups -OCH3 is 1. The van der Waals surface area contributed by atoms with Gasteiger partial charge in [0.2, 0.25) is 0 Å². The van der Waals surface area contributed by atoms with Gasteiger partial charge in [0.25, 0.3) is 0 Å². The van der Waals surface area contributed by atoms with Crippen LogP contribution in [-0.2, 0) is 6.54 Å². The summed E-state index contributed by atoms with van der Waals surface area (Å²) < 4.78 is 6.90. The molecule has 0 saturated heterocycles. The third-order valence-electron chi connectivity index (χ3n) is 3.48. The highest BCUT2D eigenvalue weighted by molar-refractivity contribution is 7.80. The van der Waals surface area contributed by atoms with Crippen LogP contribution in [0.4, 0.5) is 11.5 Å². The molecule has 5 nitrogen and oxygen atoms in total. The van der Waals surface area contributed by atoms with E-state index in [0.717, 1.165) is 17.0 Å². The molecule has 0 amide bonds. The standard InChI is InChI=1S/C18H17ClN4OS/c1-24-15-9-7-14(8-10-15)20-18(25)21-17-16(19)12-23(22-17)11-13-5-3-2-4-6-13/h2-10,12H,11H2,1H3,(H2,20,21,22,25). The Bertz CT molecular complexity index is 849. The summed E-state index contributed by atoms with van der Waals surface area (Å²) in [6.07, 6.45) is 1.77. The zero-order valence-electron chi connectivity index (χ0n) is 13.6. The zero-order chi connectivity index (χ0) is 17.6. The van der Waals surface area contributed by atoms with Gasteiger partial charge in [-0.25, -0.2) is 0 Å². The fourth-order valence-corrected chi connectivity index (χ4v) is 2.69. The summed E-state index contributed by atoms with van der Waals surface area (Å²) in [7, 11) is 1.63. The first kappa shape index (κ1) is 17.3. The molecule has 7 heteroatoms. The molecule has 0 aliphatic heterocycles. The number of thiocarbonyl (C=S) groups is 1. The minimum atomic E-state index is 0.414. The number of nitrogens with zero attached hydrogens (tertiary/aromatic N) is 2. The van der Waals surface area contributed by atoms with Gasteiger partial charge in [-0.1, -0.05) is 41.9 Å². The van der Waals surface area contributed by atoms with E-state index in [0.29, 0.717) is 22.5 Å². The van der Waals surface area contributed by atoms with Gasteiger partial charge in [0.1, 0.15) is 10.8 Å². The minimum Gasteiger partial charge on any atom is -0.497 e. The topological polar surface area (TPSA) is 51.1 Å². The van der Waals surface area contributed by atoms with Gasteiger partial charge >= 0.3 is 0 Å². The number of hydrogen-bond acceptors (Lipinski definition) is 3. The van der Waals surface area contributed by atoms with E-state index in [2.05, 4.69) is 15.7 Å². The van der Waals surface area contributed by atoms with Gasteiger partial charge in [-0.05, 0) is 42.0 Å². The lowest BCUT2D eigenvalue weighted by Crippen LogP contribution is -2.19. The summed E-state index contributed by atoms with van der Waals surface area (Å²) in [5, 5.41) is 11.5. The lowest BCUT2D eigenvalue weighted by atomic mass is 10.2. The van der Waals surface area contributed by atoms with Gasteiger partial charge in [0.05, 0.1) is 13.7 Å². The average molecular weight is 373 g/mol. The lowest BCUT2D eigenvalue weighted by Gasteiger charge is -2.09.